The van der Waals surface area contributed by atoms with E-state index in [4.69, 9.17) is 4.74 Å². The SMILES string of the molecule is CNCCC(NC)c1ccccc1OC. The van der Waals surface area contributed by atoms with E-state index in [1.54, 1.807) is 7.11 Å². The third-order valence-electron chi connectivity index (χ3n) is 2.55. The molecule has 0 aliphatic heterocycles. The van der Waals surface area contributed by atoms with Crippen molar-refractivity contribution < 1.29 is 4.74 Å². The van der Waals surface area contributed by atoms with E-state index in [2.05, 4.69) is 16.7 Å². The van der Waals surface area contributed by atoms with E-state index in [1.165, 1.54) is 5.56 Å². The average Bonchev–Trinajstić information content (AvgIpc) is 2.30. The molecule has 0 aliphatic rings. The van der Waals surface area contributed by atoms with Gasteiger partial charge in [0.1, 0.15) is 5.75 Å². The molecule has 84 valence electrons. The summed E-state index contributed by atoms with van der Waals surface area (Å²) in [4.78, 5) is 0. The van der Waals surface area contributed by atoms with Gasteiger partial charge in [0.25, 0.3) is 0 Å². The normalized spacial score (nSPS) is 12.5. The first kappa shape index (κ1) is 12.0. The molecule has 2 N–H and O–H groups in total. The molecule has 0 fully saturated rings. The molecule has 3 nitrogen and oxygen atoms in total. The van der Waals surface area contributed by atoms with Crippen LogP contribution in [0.15, 0.2) is 24.3 Å². The average molecular weight is 208 g/mol. The highest BCUT2D eigenvalue weighted by Gasteiger charge is 2.12. The molecule has 0 aliphatic carbocycles. The summed E-state index contributed by atoms with van der Waals surface area (Å²) in [6, 6.07) is 8.48. The van der Waals surface area contributed by atoms with Gasteiger partial charge in [-0.15, -0.1) is 0 Å². The topological polar surface area (TPSA) is 33.3 Å². The molecule has 0 saturated heterocycles. The second-order valence-electron chi connectivity index (χ2n) is 3.48. The van der Waals surface area contributed by atoms with Crippen LogP contribution in [0.25, 0.3) is 0 Å². The molecule has 0 heterocycles. The van der Waals surface area contributed by atoms with Gasteiger partial charge in [-0.25, -0.2) is 0 Å². The minimum atomic E-state index is 0.341. The predicted molar refractivity (Wildman–Crippen MR) is 63.3 cm³/mol. The fraction of sp³-hybridized carbons (Fsp3) is 0.500. The summed E-state index contributed by atoms with van der Waals surface area (Å²) >= 11 is 0. The zero-order chi connectivity index (χ0) is 11.1. The maximum absolute atomic E-state index is 5.35. The van der Waals surface area contributed by atoms with E-state index in [9.17, 15) is 0 Å². The first-order valence-electron chi connectivity index (χ1n) is 5.28. The molecule has 0 radical (unpaired) electrons. The summed E-state index contributed by atoms with van der Waals surface area (Å²) in [6.07, 6.45) is 1.05. The summed E-state index contributed by atoms with van der Waals surface area (Å²) in [5.41, 5.74) is 1.22. The van der Waals surface area contributed by atoms with E-state index < -0.39 is 0 Å². The summed E-state index contributed by atoms with van der Waals surface area (Å²) in [5, 5.41) is 6.47. The van der Waals surface area contributed by atoms with Crippen molar-refractivity contribution in [1.29, 1.82) is 0 Å². The van der Waals surface area contributed by atoms with Crippen LogP contribution >= 0.6 is 0 Å². The quantitative estimate of drug-likeness (QED) is 0.744. The Bertz CT molecular complexity index is 289. The van der Waals surface area contributed by atoms with Gasteiger partial charge in [-0.05, 0) is 33.1 Å². The van der Waals surface area contributed by atoms with Crippen molar-refractivity contribution in [3.05, 3.63) is 29.8 Å². The molecule has 1 atom stereocenters. The summed E-state index contributed by atoms with van der Waals surface area (Å²) in [7, 11) is 5.66. The van der Waals surface area contributed by atoms with Gasteiger partial charge >= 0.3 is 0 Å². The van der Waals surface area contributed by atoms with Gasteiger partial charge in [0, 0.05) is 11.6 Å². The van der Waals surface area contributed by atoms with E-state index in [0.717, 1.165) is 18.7 Å². The lowest BCUT2D eigenvalue weighted by Crippen LogP contribution is -2.22. The molecule has 15 heavy (non-hydrogen) atoms. The van der Waals surface area contributed by atoms with Crippen LogP contribution in [-0.4, -0.2) is 27.7 Å². The van der Waals surface area contributed by atoms with Gasteiger partial charge in [-0.3, -0.25) is 0 Å². The van der Waals surface area contributed by atoms with Crippen molar-refractivity contribution in [3.8, 4) is 5.75 Å². The molecular formula is C12H20N2O. The molecule has 0 saturated carbocycles. The van der Waals surface area contributed by atoms with Crippen molar-refractivity contribution >= 4 is 0 Å². The van der Waals surface area contributed by atoms with Gasteiger partial charge < -0.3 is 15.4 Å². The molecule has 3 heteroatoms. The number of hydrogen-bond acceptors (Lipinski definition) is 3. The van der Waals surface area contributed by atoms with Crippen LogP contribution in [-0.2, 0) is 0 Å². The van der Waals surface area contributed by atoms with Crippen molar-refractivity contribution in [2.45, 2.75) is 12.5 Å². The van der Waals surface area contributed by atoms with Crippen LogP contribution in [0.3, 0.4) is 0 Å². The fourth-order valence-corrected chi connectivity index (χ4v) is 1.70. The highest BCUT2D eigenvalue weighted by Crippen LogP contribution is 2.26. The number of rotatable bonds is 6. The molecule has 0 aromatic heterocycles. The van der Waals surface area contributed by atoms with Crippen LogP contribution in [0, 0.1) is 0 Å². The smallest absolute Gasteiger partial charge is 0.123 e. The van der Waals surface area contributed by atoms with Gasteiger partial charge in [0.2, 0.25) is 0 Å². The lowest BCUT2D eigenvalue weighted by atomic mass is 10.0. The second kappa shape index (κ2) is 6.43. The first-order valence-corrected chi connectivity index (χ1v) is 5.28. The van der Waals surface area contributed by atoms with E-state index >= 15 is 0 Å². The van der Waals surface area contributed by atoms with Crippen LogP contribution in [0.1, 0.15) is 18.0 Å². The molecule has 0 spiro atoms. The van der Waals surface area contributed by atoms with Crippen LogP contribution in [0.2, 0.25) is 0 Å². The maximum atomic E-state index is 5.35. The van der Waals surface area contributed by atoms with Crippen molar-refractivity contribution in [1.82, 2.24) is 10.6 Å². The summed E-state index contributed by atoms with van der Waals surface area (Å²) in [6.45, 7) is 0.990. The molecule has 1 aromatic rings. The standard InChI is InChI=1S/C12H20N2O/c1-13-9-8-11(14-2)10-6-4-5-7-12(10)15-3/h4-7,11,13-14H,8-9H2,1-3H3. The highest BCUT2D eigenvalue weighted by molar-refractivity contribution is 5.35. The number of hydrogen-bond donors (Lipinski definition) is 2. The van der Waals surface area contributed by atoms with E-state index in [0.29, 0.717) is 6.04 Å². The Kier molecular flexibility index (Phi) is 5.15. The van der Waals surface area contributed by atoms with Gasteiger partial charge in [-0.1, -0.05) is 18.2 Å². The van der Waals surface area contributed by atoms with Gasteiger partial charge in [-0.2, -0.15) is 0 Å². The predicted octanol–water partition coefficient (Wildman–Crippen LogP) is 1.57. The molecule has 0 bridgehead atoms. The number of nitrogens with one attached hydrogen (secondary N) is 2. The molecule has 0 amide bonds. The second-order valence-corrected chi connectivity index (χ2v) is 3.48. The maximum Gasteiger partial charge on any atom is 0.123 e. The Labute approximate surface area is 91.8 Å². The van der Waals surface area contributed by atoms with Crippen molar-refractivity contribution in [2.75, 3.05) is 27.7 Å². The van der Waals surface area contributed by atoms with Crippen LogP contribution < -0.4 is 15.4 Å². The number of methoxy groups -OCH3 is 1. The Morgan fingerprint density at radius 1 is 1.27 bits per heavy atom. The highest BCUT2D eigenvalue weighted by atomic mass is 16.5. The zero-order valence-corrected chi connectivity index (χ0v) is 9.71. The monoisotopic (exact) mass is 208 g/mol. The number of ether oxygens (including phenoxy) is 1. The lowest BCUT2D eigenvalue weighted by Gasteiger charge is -2.19. The first-order chi connectivity index (χ1) is 7.33. The van der Waals surface area contributed by atoms with E-state index in [1.807, 2.05) is 32.3 Å². The van der Waals surface area contributed by atoms with Gasteiger partial charge in [0.15, 0.2) is 0 Å². The Hall–Kier alpha value is -1.06. The Morgan fingerprint density at radius 3 is 2.60 bits per heavy atom. The minimum Gasteiger partial charge on any atom is -0.496 e. The molecule has 1 unspecified atom stereocenters. The number of benzene rings is 1. The van der Waals surface area contributed by atoms with E-state index in [-0.39, 0.29) is 0 Å². The van der Waals surface area contributed by atoms with Crippen molar-refractivity contribution in [2.24, 2.45) is 0 Å². The summed E-state index contributed by atoms with van der Waals surface area (Å²) < 4.78 is 5.35. The molecular weight excluding hydrogens is 188 g/mol. The Balaban J connectivity index is 2.80. The minimum absolute atomic E-state index is 0.341. The van der Waals surface area contributed by atoms with Crippen LogP contribution in [0.4, 0.5) is 0 Å². The third-order valence-corrected chi connectivity index (χ3v) is 2.55. The lowest BCUT2D eigenvalue weighted by molar-refractivity contribution is 0.398. The fourth-order valence-electron chi connectivity index (χ4n) is 1.70. The number of para-hydroxylation sites is 1. The van der Waals surface area contributed by atoms with Crippen molar-refractivity contribution in [3.63, 3.8) is 0 Å². The third kappa shape index (κ3) is 3.22. The van der Waals surface area contributed by atoms with Gasteiger partial charge in [0.05, 0.1) is 7.11 Å². The largest absolute Gasteiger partial charge is 0.496 e. The summed E-state index contributed by atoms with van der Waals surface area (Å²) in [5.74, 6) is 0.952. The Morgan fingerprint density at radius 2 is 2.00 bits per heavy atom. The zero-order valence-electron chi connectivity index (χ0n) is 9.71. The molecule has 1 rings (SSSR count). The van der Waals surface area contributed by atoms with Crippen LogP contribution in [0.5, 0.6) is 5.75 Å². The molecule has 1 aromatic carbocycles.